The van der Waals surface area contributed by atoms with Gasteiger partial charge in [0.15, 0.2) is 5.89 Å². The molecule has 0 aliphatic rings. The highest BCUT2D eigenvalue weighted by Crippen LogP contribution is 2.26. The first-order chi connectivity index (χ1) is 9.38. The van der Waals surface area contributed by atoms with Crippen molar-refractivity contribution in [1.29, 1.82) is 0 Å². The molecule has 0 aliphatic heterocycles. The average molecular weight is 273 g/mol. The Morgan fingerprint density at radius 2 is 1.85 bits per heavy atom. The van der Waals surface area contributed by atoms with E-state index in [1.807, 2.05) is 51.1 Å². The standard InChI is InChI=1S/C16H19NO3/c1-16(2,3)14-13(15(18)19)20-12(17-14)10-9-11-7-5-4-6-8-11/h4-8H,9-10H2,1-3H3,(H,18,19). The minimum Gasteiger partial charge on any atom is -0.475 e. The van der Waals surface area contributed by atoms with Gasteiger partial charge >= 0.3 is 5.97 Å². The maximum absolute atomic E-state index is 11.2. The lowest BCUT2D eigenvalue weighted by Crippen LogP contribution is -2.16. The van der Waals surface area contributed by atoms with Crippen molar-refractivity contribution in [3.8, 4) is 0 Å². The van der Waals surface area contributed by atoms with Crippen LogP contribution in [-0.2, 0) is 18.3 Å². The number of carboxylic acid groups (broad SMARTS) is 1. The first-order valence-electron chi connectivity index (χ1n) is 6.65. The third-order valence-corrected chi connectivity index (χ3v) is 3.05. The molecule has 0 saturated heterocycles. The quantitative estimate of drug-likeness (QED) is 0.926. The molecule has 1 aromatic heterocycles. The van der Waals surface area contributed by atoms with Crippen molar-refractivity contribution in [1.82, 2.24) is 4.98 Å². The van der Waals surface area contributed by atoms with E-state index in [9.17, 15) is 9.90 Å². The van der Waals surface area contributed by atoms with Gasteiger partial charge in [0.05, 0.1) is 5.69 Å². The smallest absolute Gasteiger partial charge is 0.373 e. The van der Waals surface area contributed by atoms with Crippen molar-refractivity contribution >= 4 is 5.97 Å². The van der Waals surface area contributed by atoms with E-state index in [1.165, 1.54) is 5.56 Å². The van der Waals surface area contributed by atoms with Crippen LogP contribution in [0.5, 0.6) is 0 Å². The number of hydrogen-bond acceptors (Lipinski definition) is 3. The topological polar surface area (TPSA) is 63.3 Å². The zero-order chi connectivity index (χ0) is 14.8. The molecule has 0 amide bonds. The number of oxazole rings is 1. The van der Waals surface area contributed by atoms with Crippen molar-refractivity contribution < 1.29 is 14.3 Å². The van der Waals surface area contributed by atoms with Gasteiger partial charge < -0.3 is 9.52 Å². The molecule has 0 radical (unpaired) electrons. The first kappa shape index (κ1) is 14.3. The highest BCUT2D eigenvalue weighted by Gasteiger charge is 2.28. The van der Waals surface area contributed by atoms with Crippen molar-refractivity contribution in [2.24, 2.45) is 0 Å². The van der Waals surface area contributed by atoms with E-state index < -0.39 is 5.97 Å². The van der Waals surface area contributed by atoms with Crippen LogP contribution in [0.3, 0.4) is 0 Å². The summed E-state index contributed by atoms with van der Waals surface area (Å²) in [4.78, 5) is 15.6. The second-order valence-corrected chi connectivity index (χ2v) is 5.83. The molecule has 0 bridgehead atoms. The second-order valence-electron chi connectivity index (χ2n) is 5.83. The number of aromatic nitrogens is 1. The third kappa shape index (κ3) is 3.26. The molecule has 0 spiro atoms. The fourth-order valence-electron chi connectivity index (χ4n) is 2.02. The van der Waals surface area contributed by atoms with Gasteiger partial charge in [0, 0.05) is 11.8 Å². The highest BCUT2D eigenvalue weighted by molar-refractivity contribution is 5.86. The summed E-state index contributed by atoms with van der Waals surface area (Å²) < 4.78 is 5.41. The molecule has 1 heterocycles. The number of hydrogen-bond donors (Lipinski definition) is 1. The van der Waals surface area contributed by atoms with E-state index in [2.05, 4.69) is 4.98 Å². The average Bonchev–Trinajstić information content (AvgIpc) is 2.82. The highest BCUT2D eigenvalue weighted by atomic mass is 16.4. The third-order valence-electron chi connectivity index (χ3n) is 3.05. The Bertz CT molecular complexity index is 594. The van der Waals surface area contributed by atoms with Gasteiger partial charge in [-0.05, 0) is 12.0 Å². The molecule has 4 heteroatoms. The molecule has 0 fully saturated rings. The van der Waals surface area contributed by atoms with Gasteiger partial charge in [-0.1, -0.05) is 51.1 Å². The van der Waals surface area contributed by atoms with E-state index in [0.29, 0.717) is 18.0 Å². The molecule has 2 aromatic rings. The van der Waals surface area contributed by atoms with Gasteiger partial charge in [0.1, 0.15) is 0 Å². The SMILES string of the molecule is CC(C)(C)c1nc(CCc2ccccc2)oc1C(=O)O. The Morgan fingerprint density at radius 3 is 2.35 bits per heavy atom. The van der Waals surface area contributed by atoms with E-state index in [4.69, 9.17) is 4.42 Å². The number of rotatable bonds is 4. The van der Waals surface area contributed by atoms with Crippen LogP contribution in [0.2, 0.25) is 0 Å². The summed E-state index contributed by atoms with van der Waals surface area (Å²) >= 11 is 0. The molecular weight excluding hydrogens is 254 g/mol. The summed E-state index contributed by atoms with van der Waals surface area (Å²) in [7, 11) is 0. The molecule has 1 aromatic carbocycles. The predicted molar refractivity (Wildman–Crippen MR) is 76.0 cm³/mol. The fraction of sp³-hybridized carbons (Fsp3) is 0.375. The Hall–Kier alpha value is -2.10. The van der Waals surface area contributed by atoms with Crippen molar-refractivity contribution in [2.75, 3.05) is 0 Å². The maximum atomic E-state index is 11.2. The molecule has 1 N–H and O–H groups in total. The largest absolute Gasteiger partial charge is 0.475 e. The van der Waals surface area contributed by atoms with Gasteiger partial charge in [-0.3, -0.25) is 0 Å². The molecule has 0 saturated carbocycles. The van der Waals surface area contributed by atoms with Gasteiger partial charge in [-0.25, -0.2) is 9.78 Å². The molecular formula is C16H19NO3. The van der Waals surface area contributed by atoms with E-state index in [-0.39, 0.29) is 11.2 Å². The van der Waals surface area contributed by atoms with Crippen LogP contribution in [0, 0.1) is 0 Å². The number of carbonyl (C=O) groups is 1. The lowest BCUT2D eigenvalue weighted by molar-refractivity contribution is 0.0656. The molecule has 0 aliphatic carbocycles. The maximum Gasteiger partial charge on any atom is 0.373 e. The van der Waals surface area contributed by atoms with Crippen molar-refractivity contribution in [2.45, 2.75) is 39.0 Å². The number of benzene rings is 1. The number of nitrogens with zero attached hydrogens (tertiary/aromatic N) is 1. The first-order valence-corrected chi connectivity index (χ1v) is 6.65. The van der Waals surface area contributed by atoms with Crippen LogP contribution in [0.25, 0.3) is 0 Å². The minimum atomic E-state index is -1.06. The van der Waals surface area contributed by atoms with Gasteiger partial charge in [0.2, 0.25) is 5.76 Å². The van der Waals surface area contributed by atoms with Gasteiger partial charge in [0.25, 0.3) is 0 Å². The lowest BCUT2D eigenvalue weighted by Gasteiger charge is -2.14. The summed E-state index contributed by atoms with van der Waals surface area (Å²) in [6.45, 7) is 5.79. The summed E-state index contributed by atoms with van der Waals surface area (Å²) in [6, 6.07) is 9.99. The Morgan fingerprint density at radius 1 is 1.20 bits per heavy atom. The van der Waals surface area contributed by atoms with Crippen LogP contribution in [0.15, 0.2) is 34.7 Å². The van der Waals surface area contributed by atoms with Gasteiger partial charge in [-0.15, -0.1) is 0 Å². The Labute approximate surface area is 118 Å². The normalized spacial score (nSPS) is 11.6. The zero-order valence-corrected chi connectivity index (χ0v) is 12.0. The van der Waals surface area contributed by atoms with E-state index in [1.54, 1.807) is 0 Å². The van der Waals surface area contributed by atoms with E-state index >= 15 is 0 Å². The number of aromatic carboxylic acids is 1. The lowest BCUT2D eigenvalue weighted by atomic mass is 9.91. The van der Waals surface area contributed by atoms with Crippen molar-refractivity contribution in [3.05, 3.63) is 53.2 Å². The summed E-state index contributed by atoms with van der Waals surface area (Å²) in [6.07, 6.45) is 1.38. The van der Waals surface area contributed by atoms with Crippen molar-refractivity contribution in [3.63, 3.8) is 0 Å². The van der Waals surface area contributed by atoms with Gasteiger partial charge in [-0.2, -0.15) is 0 Å². The van der Waals surface area contributed by atoms with Crippen LogP contribution in [0.1, 0.15) is 48.5 Å². The second kappa shape index (κ2) is 5.49. The van der Waals surface area contributed by atoms with Crippen LogP contribution < -0.4 is 0 Å². The van der Waals surface area contributed by atoms with Crippen LogP contribution in [0.4, 0.5) is 0 Å². The molecule has 106 valence electrons. The zero-order valence-electron chi connectivity index (χ0n) is 12.0. The van der Waals surface area contributed by atoms with E-state index in [0.717, 1.165) is 6.42 Å². The minimum absolute atomic E-state index is 0.0411. The predicted octanol–water partition coefficient (Wildman–Crippen LogP) is 3.46. The van der Waals surface area contributed by atoms with Crippen LogP contribution in [-0.4, -0.2) is 16.1 Å². The monoisotopic (exact) mass is 273 g/mol. The molecule has 20 heavy (non-hydrogen) atoms. The summed E-state index contributed by atoms with van der Waals surface area (Å²) in [5.41, 5.74) is 1.34. The van der Waals surface area contributed by atoms with Crippen LogP contribution >= 0.6 is 0 Å². The summed E-state index contributed by atoms with van der Waals surface area (Å²) in [5, 5.41) is 9.19. The molecule has 4 nitrogen and oxygen atoms in total. The molecule has 0 atom stereocenters. The number of carboxylic acids is 1. The summed E-state index contributed by atoms with van der Waals surface area (Å²) in [5.74, 6) is -0.620. The number of aryl methyl sites for hydroxylation is 2. The molecule has 2 rings (SSSR count). The fourth-order valence-corrected chi connectivity index (χ4v) is 2.02. The molecule has 0 unspecified atom stereocenters. The Kier molecular flexibility index (Phi) is 3.93. The Balaban J connectivity index is 2.19.